The molecule has 1 saturated heterocycles. The molecule has 1 unspecified atom stereocenters. The van der Waals surface area contributed by atoms with Crippen molar-refractivity contribution in [2.75, 3.05) is 18.1 Å². The minimum Gasteiger partial charge on any atom is -0.462 e. The van der Waals surface area contributed by atoms with Crippen LogP contribution in [0.4, 0.5) is 5.82 Å². The lowest BCUT2D eigenvalue weighted by Gasteiger charge is -2.17. The Morgan fingerprint density at radius 3 is 2.95 bits per heavy atom. The lowest BCUT2D eigenvalue weighted by atomic mass is 10.2. The lowest BCUT2D eigenvalue weighted by Crippen LogP contribution is -2.28. The molecule has 1 aromatic rings. The van der Waals surface area contributed by atoms with Crippen LogP contribution in [0.15, 0.2) is 18.3 Å². The molecule has 1 aliphatic rings. The van der Waals surface area contributed by atoms with Crippen LogP contribution in [-0.4, -0.2) is 40.4 Å². The van der Waals surface area contributed by atoms with Gasteiger partial charge in [-0.25, -0.2) is 9.78 Å². The zero-order valence-electron chi connectivity index (χ0n) is 11.9. The number of thioether (sulfide) groups is 1. The highest BCUT2D eigenvalue weighted by molar-refractivity contribution is 8.14. The summed E-state index contributed by atoms with van der Waals surface area (Å²) in [5, 5.41) is -0.131. The summed E-state index contributed by atoms with van der Waals surface area (Å²) in [7, 11) is 0. The highest BCUT2D eigenvalue weighted by Crippen LogP contribution is 2.29. The first-order chi connectivity index (χ1) is 10.0. The normalized spacial score (nSPS) is 17.9. The molecular weight excluding hydrogens is 292 g/mol. The first kappa shape index (κ1) is 15.5. The summed E-state index contributed by atoms with van der Waals surface area (Å²) in [5.74, 6) is -0.346. The van der Waals surface area contributed by atoms with Crippen LogP contribution in [0.1, 0.15) is 30.6 Å². The zero-order chi connectivity index (χ0) is 15.4. The van der Waals surface area contributed by atoms with E-state index in [2.05, 4.69) is 4.98 Å². The summed E-state index contributed by atoms with van der Waals surface area (Å²) in [5.41, 5.74) is 0.265. The fourth-order valence-corrected chi connectivity index (χ4v) is 3.09. The van der Waals surface area contributed by atoms with Crippen LogP contribution in [-0.2, 0) is 14.3 Å². The Morgan fingerprint density at radius 1 is 1.52 bits per heavy atom. The summed E-state index contributed by atoms with van der Waals surface area (Å²) in [4.78, 5) is 40.8. The number of nitrogens with zero attached hydrogens (tertiary/aromatic N) is 2. The van der Waals surface area contributed by atoms with Gasteiger partial charge in [-0.2, -0.15) is 0 Å². The van der Waals surface area contributed by atoms with Gasteiger partial charge in [-0.15, -0.1) is 0 Å². The number of amides is 1. The molecular formula is C14H16N2O4S. The molecule has 6 nitrogen and oxygen atoms in total. The summed E-state index contributed by atoms with van der Waals surface area (Å²) in [6.45, 7) is 3.81. The van der Waals surface area contributed by atoms with Crippen molar-refractivity contribution in [3.05, 3.63) is 23.9 Å². The molecule has 1 atom stereocenters. The SMILES string of the molecule is CCOC(=O)c1cccnc1N1CC(SC(C)=O)CC1=O. The maximum atomic E-state index is 12.1. The standard InChI is InChI=1S/C14H16N2O4S/c1-3-20-14(19)11-5-4-6-15-13(11)16-8-10(7-12(16)18)21-9(2)17/h4-6,10H,3,7-8H2,1-2H3. The summed E-state index contributed by atoms with van der Waals surface area (Å²) >= 11 is 1.14. The summed E-state index contributed by atoms with van der Waals surface area (Å²) in [6, 6.07) is 3.21. The Hall–Kier alpha value is -1.89. The van der Waals surface area contributed by atoms with Gasteiger partial charge >= 0.3 is 5.97 Å². The van der Waals surface area contributed by atoms with Crippen LogP contribution in [0.3, 0.4) is 0 Å². The highest BCUT2D eigenvalue weighted by atomic mass is 32.2. The largest absolute Gasteiger partial charge is 0.462 e. The Morgan fingerprint density at radius 2 is 2.29 bits per heavy atom. The molecule has 0 saturated carbocycles. The number of aromatic nitrogens is 1. The number of anilines is 1. The number of hydrogen-bond donors (Lipinski definition) is 0. The number of carbonyl (C=O) groups is 3. The molecule has 2 heterocycles. The number of esters is 1. The third kappa shape index (κ3) is 3.60. The van der Waals surface area contributed by atoms with Gasteiger partial charge in [0, 0.05) is 31.3 Å². The van der Waals surface area contributed by atoms with Gasteiger partial charge in [0.15, 0.2) is 5.12 Å². The summed E-state index contributed by atoms with van der Waals surface area (Å²) < 4.78 is 4.98. The van der Waals surface area contributed by atoms with Crippen molar-refractivity contribution in [1.29, 1.82) is 0 Å². The molecule has 0 spiro atoms. The average Bonchev–Trinajstić information content (AvgIpc) is 2.78. The molecule has 0 bridgehead atoms. The Labute approximate surface area is 126 Å². The van der Waals surface area contributed by atoms with Gasteiger partial charge in [-0.1, -0.05) is 11.8 Å². The Kier molecular flexibility index (Phi) is 4.95. The van der Waals surface area contributed by atoms with E-state index in [1.165, 1.54) is 18.0 Å². The minimum absolute atomic E-state index is 0.0266. The number of hydrogen-bond acceptors (Lipinski definition) is 6. The highest BCUT2D eigenvalue weighted by Gasteiger charge is 2.34. The molecule has 0 N–H and O–H groups in total. The predicted molar refractivity (Wildman–Crippen MR) is 79.2 cm³/mol. The predicted octanol–water partition coefficient (Wildman–Crippen LogP) is 1.64. The fourth-order valence-electron chi connectivity index (χ4n) is 2.17. The van der Waals surface area contributed by atoms with Crippen LogP contribution in [0.25, 0.3) is 0 Å². The van der Waals surface area contributed by atoms with Crippen LogP contribution in [0.5, 0.6) is 0 Å². The lowest BCUT2D eigenvalue weighted by molar-refractivity contribution is -0.117. The number of rotatable bonds is 4. The second-order valence-electron chi connectivity index (χ2n) is 4.53. The Bertz CT molecular complexity index is 576. The molecule has 0 radical (unpaired) electrons. The number of carbonyl (C=O) groups excluding carboxylic acids is 3. The van der Waals surface area contributed by atoms with Gasteiger partial charge in [-0.3, -0.25) is 14.5 Å². The van der Waals surface area contributed by atoms with E-state index in [9.17, 15) is 14.4 Å². The third-order valence-corrected chi connectivity index (χ3v) is 3.94. The Balaban J connectivity index is 2.24. The van der Waals surface area contributed by atoms with Crippen LogP contribution in [0, 0.1) is 0 Å². The smallest absolute Gasteiger partial charge is 0.341 e. The van der Waals surface area contributed by atoms with Crippen molar-refractivity contribution in [2.45, 2.75) is 25.5 Å². The van der Waals surface area contributed by atoms with E-state index in [1.54, 1.807) is 19.1 Å². The van der Waals surface area contributed by atoms with Crippen molar-refractivity contribution in [3.63, 3.8) is 0 Å². The van der Waals surface area contributed by atoms with E-state index in [0.29, 0.717) is 12.4 Å². The molecule has 1 aromatic heterocycles. The van der Waals surface area contributed by atoms with Crippen molar-refractivity contribution in [3.8, 4) is 0 Å². The van der Waals surface area contributed by atoms with Gasteiger partial charge < -0.3 is 4.74 Å². The number of ether oxygens (including phenoxy) is 1. The van der Waals surface area contributed by atoms with E-state index < -0.39 is 5.97 Å². The maximum absolute atomic E-state index is 12.1. The quantitative estimate of drug-likeness (QED) is 0.787. The zero-order valence-corrected chi connectivity index (χ0v) is 12.7. The van der Waals surface area contributed by atoms with Crippen LogP contribution >= 0.6 is 11.8 Å². The average molecular weight is 308 g/mol. The van der Waals surface area contributed by atoms with Gasteiger partial charge in [0.2, 0.25) is 5.91 Å². The fraction of sp³-hybridized carbons (Fsp3) is 0.429. The van der Waals surface area contributed by atoms with Gasteiger partial charge in [0.1, 0.15) is 11.4 Å². The third-order valence-electron chi connectivity index (χ3n) is 2.96. The van der Waals surface area contributed by atoms with Gasteiger partial charge in [0.25, 0.3) is 0 Å². The molecule has 7 heteroatoms. The van der Waals surface area contributed by atoms with E-state index in [-0.39, 0.29) is 34.9 Å². The van der Waals surface area contributed by atoms with E-state index in [4.69, 9.17) is 4.74 Å². The summed E-state index contributed by atoms with van der Waals surface area (Å²) in [6.07, 6.45) is 1.79. The molecule has 2 rings (SSSR count). The van der Waals surface area contributed by atoms with Crippen LogP contribution in [0.2, 0.25) is 0 Å². The molecule has 1 fully saturated rings. The second-order valence-corrected chi connectivity index (χ2v) is 6.01. The minimum atomic E-state index is -0.504. The molecule has 0 aliphatic carbocycles. The molecule has 1 amide bonds. The van der Waals surface area contributed by atoms with Crippen LogP contribution < -0.4 is 4.90 Å². The molecule has 21 heavy (non-hydrogen) atoms. The van der Waals surface area contributed by atoms with Crippen molar-refractivity contribution in [2.24, 2.45) is 0 Å². The molecule has 112 valence electrons. The number of pyridine rings is 1. The van der Waals surface area contributed by atoms with E-state index >= 15 is 0 Å². The molecule has 1 aliphatic heterocycles. The first-order valence-electron chi connectivity index (χ1n) is 6.62. The van der Waals surface area contributed by atoms with Crippen molar-refractivity contribution >= 4 is 34.6 Å². The maximum Gasteiger partial charge on any atom is 0.341 e. The van der Waals surface area contributed by atoms with E-state index in [0.717, 1.165) is 11.8 Å². The first-order valence-corrected chi connectivity index (χ1v) is 7.50. The van der Waals surface area contributed by atoms with Gasteiger partial charge in [-0.05, 0) is 19.1 Å². The second kappa shape index (κ2) is 6.71. The molecule has 0 aromatic carbocycles. The van der Waals surface area contributed by atoms with Gasteiger partial charge in [0.05, 0.1) is 6.61 Å². The topological polar surface area (TPSA) is 76.6 Å². The van der Waals surface area contributed by atoms with Crippen molar-refractivity contribution < 1.29 is 19.1 Å². The van der Waals surface area contributed by atoms with Crippen molar-refractivity contribution in [1.82, 2.24) is 4.98 Å². The van der Waals surface area contributed by atoms with E-state index in [1.807, 2.05) is 0 Å². The monoisotopic (exact) mass is 308 g/mol.